The highest BCUT2D eigenvalue weighted by atomic mass is 16.6. The van der Waals surface area contributed by atoms with Crippen molar-refractivity contribution in [1.82, 2.24) is 9.88 Å². The van der Waals surface area contributed by atoms with E-state index in [1.165, 1.54) is 0 Å². The molecule has 1 aromatic heterocycles. The predicted molar refractivity (Wildman–Crippen MR) is 73.1 cm³/mol. The summed E-state index contributed by atoms with van der Waals surface area (Å²) in [5.41, 5.74) is 1.19. The summed E-state index contributed by atoms with van der Waals surface area (Å²) in [6.07, 6.45) is 2.28. The molecule has 0 bridgehead atoms. The minimum absolute atomic E-state index is 0.276. The monoisotopic (exact) mass is 276 g/mol. The van der Waals surface area contributed by atoms with Crippen LogP contribution in [0.15, 0.2) is 18.3 Å². The van der Waals surface area contributed by atoms with Gasteiger partial charge in [-0.25, -0.2) is 4.79 Å². The van der Waals surface area contributed by atoms with Crippen molar-refractivity contribution in [2.24, 2.45) is 0 Å². The van der Waals surface area contributed by atoms with Crippen LogP contribution in [-0.2, 0) is 21.7 Å². The van der Waals surface area contributed by atoms with Crippen LogP contribution >= 0.6 is 0 Å². The summed E-state index contributed by atoms with van der Waals surface area (Å²) in [5, 5.41) is 0. The Morgan fingerprint density at radius 1 is 1.50 bits per heavy atom. The number of aromatic nitrogens is 1. The number of hydrogen-bond donors (Lipinski definition) is 0. The molecule has 20 heavy (non-hydrogen) atoms. The molecule has 1 aromatic rings. The lowest BCUT2D eigenvalue weighted by Crippen LogP contribution is -2.38. The van der Waals surface area contributed by atoms with Gasteiger partial charge in [0.15, 0.2) is 0 Å². The Bertz CT molecular complexity index is 538. The molecule has 2 aliphatic heterocycles. The van der Waals surface area contributed by atoms with E-state index in [9.17, 15) is 4.79 Å². The van der Waals surface area contributed by atoms with Gasteiger partial charge in [-0.05, 0) is 26.8 Å². The van der Waals surface area contributed by atoms with Crippen LogP contribution in [0.1, 0.15) is 38.4 Å². The van der Waals surface area contributed by atoms with Gasteiger partial charge in [0.1, 0.15) is 11.2 Å². The molecule has 0 radical (unpaired) electrons. The highest BCUT2D eigenvalue weighted by Crippen LogP contribution is 2.42. The molecule has 0 aliphatic carbocycles. The van der Waals surface area contributed by atoms with Crippen molar-refractivity contribution in [2.45, 2.75) is 45.0 Å². The fourth-order valence-corrected chi connectivity index (χ4v) is 2.82. The van der Waals surface area contributed by atoms with Crippen LogP contribution in [0.25, 0.3) is 0 Å². The van der Waals surface area contributed by atoms with Gasteiger partial charge in [0.05, 0.1) is 18.8 Å². The number of nitrogens with zero attached hydrogens (tertiary/aromatic N) is 2. The Labute approximate surface area is 118 Å². The molecule has 0 saturated carbocycles. The summed E-state index contributed by atoms with van der Waals surface area (Å²) in [7, 11) is 0. The van der Waals surface area contributed by atoms with E-state index in [-0.39, 0.29) is 6.09 Å². The Morgan fingerprint density at radius 2 is 2.30 bits per heavy atom. The predicted octanol–water partition coefficient (Wildman–Crippen LogP) is 2.45. The molecule has 5 heteroatoms. The van der Waals surface area contributed by atoms with E-state index >= 15 is 0 Å². The Balaban J connectivity index is 1.76. The summed E-state index contributed by atoms with van der Waals surface area (Å²) in [5.74, 6) is 0. The van der Waals surface area contributed by atoms with Crippen molar-refractivity contribution in [2.75, 3.05) is 13.1 Å². The van der Waals surface area contributed by atoms with E-state index in [1.54, 1.807) is 11.1 Å². The molecule has 0 N–H and O–H groups in total. The van der Waals surface area contributed by atoms with Crippen LogP contribution in [0.2, 0.25) is 0 Å². The second kappa shape index (κ2) is 4.45. The molecule has 1 spiro atoms. The largest absolute Gasteiger partial charge is 0.444 e. The molecule has 1 fully saturated rings. The zero-order valence-electron chi connectivity index (χ0n) is 12.2. The molecular formula is C15H20N2O3. The quantitative estimate of drug-likeness (QED) is 0.730. The molecule has 2 aliphatic rings. The van der Waals surface area contributed by atoms with Gasteiger partial charge in [0.25, 0.3) is 0 Å². The molecule has 108 valence electrons. The molecule has 3 heterocycles. The van der Waals surface area contributed by atoms with Crippen LogP contribution in [0.4, 0.5) is 4.79 Å². The lowest BCUT2D eigenvalue weighted by atomic mass is 9.97. The summed E-state index contributed by atoms with van der Waals surface area (Å²) in [6, 6.07) is 3.95. The SMILES string of the molecule is CC(C)(C)OC(=O)N1CCC2(C1)OCc1cccnc12. The third-order valence-electron chi connectivity index (χ3n) is 3.71. The maximum absolute atomic E-state index is 12.1. The Kier molecular flexibility index (Phi) is 2.97. The Morgan fingerprint density at radius 3 is 3.05 bits per heavy atom. The average molecular weight is 276 g/mol. The van der Waals surface area contributed by atoms with Crippen molar-refractivity contribution < 1.29 is 14.3 Å². The molecule has 3 rings (SSSR count). The van der Waals surface area contributed by atoms with E-state index < -0.39 is 11.2 Å². The molecule has 0 aromatic carbocycles. The van der Waals surface area contributed by atoms with Crippen molar-refractivity contribution in [3.63, 3.8) is 0 Å². The van der Waals surface area contributed by atoms with E-state index in [4.69, 9.17) is 9.47 Å². The van der Waals surface area contributed by atoms with Crippen molar-refractivity contribution in [1.29, 1.82) is 0 Å². The van der Waals surface area contributed by atoms with Gasteiger partial charge in [-0.15, -0.1) is 0 Å². The molecule has 1 saturated heterocycles. The topological polar surface area (TPSA) is 51.7 Å². The van der Waals surface area contributed by atoms with Gasteiger partial charge >= 0.3 is 6.09 Å². The van der Waals surface area contributed by atoms with Gasteiger partial charge < -0.3 is 14.4 Å². The number of hydrogen-bond acceptors (Lipinski definition) is 4. The molecule has 1 unspecified atom stereocenters. The van der Waals surface area contributed by atoms with Gasteiger partial charge in [-0.3, -0.25) is 4.98 Å². The summed E-state index contributed by atoms with van der Waals surface area (Å²) >= 11 is 0. The zero-order chi connectivity index (χ0) is 14.4. The van der Waals surface area contributed by atoms with Crippen LogP contribution in [0.3, 0.4) is 0 Å². The maximum atomic E-state index is 12.1. The average Bonchev–Trinajstić information content (AvgIpc) is 2.95. The van der Waals surface area contributed by atoms with Crippen LogP contribution in [0, 0.1) is 0 Å². The van der Waals surface area contributed by atoms with Crippen LogP contribution in [-0.4, -0.2) is 34.7 Å². The van der Waals surface area contributed by atoms with Gasteiger partial charge in [-0.2, -0.15) is 0 Å². The van der Waals surface area contributed by atoms with Crippen molar-refractivity contribution in [3.8, 4) is 0 Å². The lowest BCUT2D eigenvalue weighted by Gasteiger charge is -2.26. The summed E-state index contributed by atoms with van der Waals surface area (Å²) in [4.78, 5) is 18.3. The number of likely N-dealkylation sites (tertiary alicyclic amines) is 1. The molecule has 1 atom stereocenters. The normalized spacial score (nSPS) is 25.1. The Hall–Kier alpha value is -1.62. The lowest BCUT2D eigenvalue weighted by molar-refractivity contribution is -0.0347. The number of pyridine rings is 1. The zero-order valence-corrected chi connectivity index (χ0v) is 12.2. The fraction of sp³-hybridized carbons (Fsp3) is 0.600. The van der Waals surface area contributed by atoms with E-state index in [0.717, 1.165) is 17.7 Å². The van der Waals surface area contributed by atoms with E-state index in [0.29, 0.717) is 19.7 Å². The summed E-state index contributed by atoms with van der Waals surface area (Å²) in [6.45, 7) is 7.36. The van der Waals surface area contributed by atoms with Crippen molar-refractivity contribution in [3.05, 3.63) is 29.6 Å². The van der Waals surface area contributed by atoms with Crippen LogP contribution in [0.5, 0.6) is 0 Å². The smallest absolute Gasteiger partial charge is 0.410 e. The van der Waals surface area contributed by atoms with E-state index in [1.807, 2.05) is 32.9 Å². The first kappa shape index (κ1) is 13.4. The summed E-state index contributed by atoms with van der Waals surface area (Å²) < 4.78 is 11.4. The molecular weight excluding hydrogens is 256 g/mol. The first-order valence-electron chi connectivity index (χ1n) is 6.96. The number of rotatable bonds is 0. The second-order valence-corrected chi connectivity index (χ2v) is 6.45. The van der Waals surface area contributed by atoms with E-state index in [2.05, 4.69) is 4.98 Å². The number of carbonyl (C=O) groups excluding carboxylic acids is 1. The van der Waals surface area contributed by atoms with Crippen molar-refractivity contribution >= 4 is 6.09 Å². The maximum Gasteiger partial charge on any atom is 0.410 e. The highest BCUT2D eigenvalue weighted by Gasteiger charge is 2.48. The number of amides is 1. The number of carbonyl (C=O) groups is 1. The minimum atomic E-state index is -0.473. The third kappa shape index (κ3) is 2.26. The molecule has 5 nitrogen and oxygen atoms in total. The first-order chi connectivity index (χ1) is 9.40. The van der Waals surface area contributed by atoms with Gasteiger partial charge in [-0.1, -0.05) is 6.07 Å². The van der Waals surface area contributed by atoms with Gasteiger partial charge in [0, 0.05) is 24.7 Å². The fourth-order valence-electron chi connectivity index (χ4n) is 2.82. The van der Waals surface area contributed by atoms with Gasteiger partial charge in [0.2, 0.25) is 0 Å². The van der Waals surface area contributed by atoms with Crippen LogP contribution < -0.4 is 0 Å². The minimum Gasteiger partial charge on any atom is -0.444 e. The second-order valence-electron chi connectivity index (χ2n) is 6.45. The third-order valence-corrected chi connectivity index (χ3v) is 3.71. The number of fused-ring (bicyclic) bond motifs is 2. The highest BCUT2D eigenvalue weighted by molar-refractivity contribution is 5.69. The molecule has 1 amide bonds. The standard InChI is InChI=1S/C15H20N2O3/c1-14(2,3)20-13(18)17-8-6-15(10-17)12-11(9-19-15)5-4-7-16-12/h4-5,7H,6,8-10H2,1-3H3. The number of ether oxygens (including phenoxy) is 2. The first-order valence-corrected chi connectivity index (χ1v) is 6.96.